The minimum atomic E-state index is 0.554. The molecule has 78 valence electrons. The Balaban J connectivity index is 2.90. The van der Waals surface area contributed by atoms with Crippen LogP contribution in [0.2, 0.25) is 0 Å². The first-order valence-corrected chi connectivity index (χ1v) is 5.60. The molecule has 0 unspecified atom stereocenters. The Morgan fingerprint density at radius 2 is 2.21 bits per heavy atom. The van der Waals surface area contributed by atoms with E-state index in [1.165, 1.54) is 5.69 Å². The molecule has 0 fully saturated rings. The standard InChI is InChI=1S/C11H17ClN2/c1-3-7-14(4-2)11-9-13-6-5-10(11)8-12/h5-6,9H,3-4,7-8H2,1-2H3. The normalized spacial score (nSPS) is 10.2. The first kappa shape index (κ1) is 11.3. The van der Waals surface area contributed by atoms with Crippen molar-refractivity contribution in [2.75, 3.05) is 18.0 Å². The zero-order chi connectivity index (χ0) is 10.4. The molecule has 0 aliphatic heterocycles. The third-order valence-corrected chi connectivity index (χ3v) is 2.54. The molecule has 0 bridgehead atoms. The lowest BCUT2D eigenvalue weighted by Gasteiger charge is -2.24. The highest BCUT2D eigenvalue weighted by Gasteiger charge is 2.07. The predicted octanol–water partition coefficient (Wildman–Crippen LogP) is 3.06. The van der Waals surface area contributed by atoms with Crippen LogP contribution >= 0.6 is 11.6 Å². The van der Waals surface area contributed by atoms with Crippen molar-refractivity contribution in [1.29, 1.82) is 0 Å². The highest BCUT2D eigenvalue weighted by atomic mass is 35.5. The van der Waals surface area contributed by atoms with Gasteiger partial charge in [-0.3, -0.25) is 4.98 Å². The maximum atomic E-state index is 5.88. The van der Waals surface area contributed by atoms with Crippen molar-refractivity contribution in [3.05, 3.63) is 24.0 Å². The van der Waals surface area contributed by atoms with Gasteiger partial charge in [0.25, 0.3) is 0 Å². The topological polar surface area (TPSA) is 16.1 Å². The van der Waals surface area contributed by atoms with Gasteiger partial charge in [0, 0.05) is 25.2 Å². The van der Waals surface area contributed by atoms with Crippen LogP contribution in [0, 0.1) is 0 Å². The van der Waals surface area contributed by atoms with Crippen LogP contribution in [-0.4, -0.2) is 18.1 Å². The van der Waals surface area contributed by atoms with Crippen LogP contribution in [0.15, 0.2) is 18.5 Å². The van der Waals surface area contributed by atoms with Crippen LogP contribution in [0.1, 0.15) is 25.8 Å². The fraction of sp³-hybridized carbons (Fsp3) is 0.545. The van der Waals surface area contributed by atoms with E-state index >= 15 is 0 Å². The molecule has 1 aromatic rings. The minimum Gasteiger partial charge on any atom is -0.370 e. The Bertz CT molecular complexity index is 276. The van der Waals surface area contributed by atoms with Crippen molar-refractivity contribution in [3.8, 4) is 0 Å². The van der Waals surface area contributed by atoms with E-state index in [9.17, 15) is 0 Å². The first-order chi connectivity index (χ1) is 6.83. The van der Waals surface area contributed by atoms with Gasteiger partial charge < -0.3 is 4.90 Å². The molecule has 0 N–H and O–H groups in total. The predicted molar refractivity (Wildman–Crippen MR) is 62.0 cm³/mol. The van der Waals surface area contributed by atoms with E-state index < -0.39 is 0 Å². The van der Waals surface area contributed by atoms with Crippen molar-refractivity contribution >= 4 is 17.3 Å². The van der Waals surface area contributed by atoms with Gasteiger partial charge in [0.2, 0.25) is 0 Å². The number of hydrogen-bond acceptors (Lipinski definition) is 2. The first-order valence-electron chi connectivity index (χ1n) is 5.07. The minimum absolute atomic E-state index is 0.554. The van der Waals surface area contributed by atoms with Gasteiger partial charge in [-0.25, -0.2) is 0 Å². The second-order valence-corrected chi connectivity index (χ2v) is 3.48. The van der Waals surface area contributed by atoms with Crippen LogP contribution in [-0.2, 0) is 5.88 Å². The monoisotopic (exact) mass is 212 g/mol. The number of anilines is 1. The molecule has 0 spiro atoms. The molecule has 0 aliphatic carbocycles. The molecule has 2 nitrogen and oxygen atoms in total. The second-order valence-electron chi connectivity index (χ2n) is 3.22. The summed E-state index contributed by atoms with van der Waals surface area (Å²) in [5, 5.41) is 0. The van der Waals surface area contributed by atoms with E-state index in [4.69, 9.17) is 11.6 Å². The maximum absolute atomic E-state index is 5.88. The van der Waals surface area contributed by atoms with Crippen LogP contribution in [0.5, 0.6) is 0 Å². The number of nitrogens with zero attached hydrogens (tertiary/aromatic N) is 2. The van der Waals surface area contributed by atoms with Crippen molar-refractivity contribution < 1.29 is 0 Å². The quantitative estimate of drug-likeness (QED) is 0.698. The lowest BCUT2D eigenvalue weighted by atomic mass is 10.2. The number of hydrogen-bond donors (Lipinski definition) is 0. The molecule has 0 atom stereocenters. The molecule has 0 aliphatic rings. The lowest BCUT2D eigenvalue weighted by molar-refractivity contribution is 0.786. The molecule has 0 amide bonds. The molecule has 0 saturated heterocycles. The summed E-state index contributed by atoms with van der Waals surface area (Å²) in [6.07, 6.45) is 4.84. The Morgan fingerprint density at radius 1 is 1.43 bits per heavy atom. The van der Waals surface area contributed by atoms with Crippen molar-refractivity contribution in [2.24, 2.45) is 0 Å². The molecular formula is C11H17ClN2. The Labute approximate surface area is 90.9 Å². The van der Waals surface area contributed by atoms with Crippen molar-refractivity contribution in [1.82, 2.24) is 4.98 Å². The van der Waals surface area contributed by atoms with E-state index in [2.05, 4.69) is 23.7 Å². The van der Waals surface area contributed by atoms with Gasteiger partial charge in [-0.2, -0.15) is 0 Å². The zero-order valence-corrected chi connectivity index (χ0v) is 9.59. The summed E-state index contributed by atoms with van der Waals surface area (Å²) < 4.78 is 0. The van der Waals surface area contributed by atoms with E-state index in [1.54, 1.807) is 6.20 Å². The Morgan fingerprint density at radius 3 is 2.79 bits per heavy atom. The zero-order valence-electron chi connectivity index (χ0n) is 8.83. The smallest absolute Gasteiger partial charge is 0.0597 e. The molecule has 0 saturated carbocycles. The fourth-order valence-corrected chi connectivity index (χ4v) is 1.76. The summed E-state index contributed by atoms with van der Waals surface area (Å²) in [6.45, 7) is 6.40. The summed E-state index contributed by atoms with van der Waals surface area (Å²) in [7, 11) is 0. The van der Waals surface area contributed by atoms with E-state index in [-0.39, 0.29) is 0 Å². The molecular weight excluding hydrogens is 196 g/mol. The second kappa shape index (κ2) is 5.86. The van der Waals surface area contributed by atoms with Gasteiger partial charge in [-0.15, -0.1) is 11.6 Å². The molecule has 14 heavy (non-hydrogen) atoms. The number of pyridine rings is 1. The largest absolute Gasteiger partial charge is 0.370 e. The third-order valence-electron chi connectivity index (χ3n) is 2.25. The number of alkyl halides is 1. The summed E-state index contributed by atoms with van der Waals surface area (Å²) in [5.41, 5.74) is 2.34. The third kappa shape index (κ3) is 2.61. The van der Waals surface area contributed by atoms with Gasteiger partial charge >= 0.3 is 0 Å². The molecule has 1 aromatic heterocycles. The van der Waals surface area contributed by atoms with Gasteiger partial charge in [-0.05, 0) is 25.0 Å². The molecule has 0 aromatic carbocycles. The highest BCUT2D eigenvalue weighted by molar-refractivity contribution is 6.17. The van der Waals surface area contributed by atoms with Crippen molar-refractivity contribution in [3.63, 3.8) is 0 Å². The average Bonchev–Trinajstić information content (AvgIpc) is 2.26. The maximum Gasteiger partial charge on any atom is 0.0597 e. The molecule has 1 heterocycles. The fourth-order valence-electron chi connectivity index (χ4n) is 1.53. The summed E-state index contributed by atoms with van der Waals surface area (Å²) in [4.78, 5) is 6.45. The Kier molecular flexibility index (Phi) is 4.74. The van der Waals surface area contributed by atoms with Gasteiger partial charge in [0.05, 0.1) is 11.9 Å². The Hall–Kier alpha value is -0.760. The number of aromatic nitrogens is 1. The van der Waals surface area contributed by atoms with Gasteiger partial charge in [-0.1, -0.05) is 6.92 Å². The van der Waals surface area contributed by atoms with Crippen LogP contribution < -0.4 is 4.90 Å². The average molecular weight is 213 g/mol. The number of rotatable bonds is 5. The number of halogens is 1. The molecule has 1 rings (SSSR count). The van der Waals surface area contributed by atoms with Gasteiger partial charge in [0.1, 0.15) is 0 Å². The summed E-state index contributed by atoms with van der Waals surface area (Å²) in [6, 6.07) is 1.99. The summed E-state index contributed by atoms with van der Waals surface area (Å²) >= 11 is 5.88. The molecule has 0 radical (unpaired) electrons. The van der Waals surface area contributed by atoms with E-state index in [1.807, 2.05) is 12.3 Å². The SMILES string of the molecule is CCCN(CC)c1cnccc1CCl. The van der Waals surface area contributed by atoms with E-state index in [0.29, 0.717) is 5.88 Å². The van der Waals surface area contributed by atoms with Crippen LogP contribution in [0.4, 0.5) is 5.69 Å². The molecule has 3 heteroatoms. The van der Waals surface area contributed by atoms with E-state index in [0.717, 1.165) is 25.1 Å². The summed E-state index contributed by atoms with van der Waals surface area (Å²) in [5.74, 6) is 0.554. The van der Waals surface area contributed by atoms with Crippen LogP contribution in [0.3, 0.4) is 0 Å². The highest BCUT2D eigenvalue weighted by Crippen LogP contribution is 2.20. The van der Waals surface area contributed by atoms with Crippen LogP contribution in [0.25, 0.3) is 0 Å². The van der Waals surface area contributed by atoms with Gasteiger partial charge in [0.15, 0.2) is 0 Å². The van der Waals surface area contributed by atoms with Crippen molar-refractivity contribution in [2.45, 2.75) is 26.1 Å². The lowest BCUT2D eigenvalue weighted by Crippen LogP contribution is -2.24.